The minimum absolute atomic E-state index is 0.0686. The third-order valence-corrected chi connectivity index (χ3v) is 5.40. The Hall–Kier alpha value is -1.99. The molecule has 4 heteroatoms. The first-order chi connectivity index (χ1) is 11.2. The van der Waals surface area contributed by atoms with Gasteiger partial charge in [0, 0.05) is 17.3 Å². The predicted molar refractivity (Wildman–Crippen MR) is 95.2 cm³/mol. The molecule has 0 saturated carbocycles. The van der Waals surface area contributed by atoms with E-state index in [4.69, 9.17) is 0 Å². The topological polar surface area (TPSA) is 49.0 Å². The van der Waals surface area contributed by atoms with Crippen molar-refractivity contribution in [3.8, 4) is 6.07 Å². The van der Waals surface area contributed by atoms with Crippen molar-refractivity contribution < 1.29 is 0 Å². The molecule has 0 radical (unpaired) electrons. The number of aryl methyl sites for hydroxylation is 3. The largest absolute Gasteiger partial charge is 0.288 e. The molecule has 2 aromatic rings. The Bertz CT molecular complexity index is 754. The molecule has 0 aliphatic heterocycles. The smallest absolute Gasteiger partial charge is 0.133 e. The molecule has 23 heavy (non-hydrogen) atoms. The molecule has 3 nitrogen and oxygen atoms in total. The molecule has 0 saturated heterocycles. The molecule has 118 valence electrons. The first kappa shape index (κ1) is 15.9. The first-order valence-electron chi connectivity index (χ1n) is 8.14. The molecule has 0 N–H and O–H groups in total. The molecule has 1 aliphatic rings. The van der Waals surface area contributed by atoms with Crippen molar-refractivity contribution in [2.45, 2.75) is 51.5 Å². The number of thiazole rings is 1. The average Bonchev–Trinajstić information content (AvgIpc) is 3.01. The van der Waals surface area contributed by atoms with Crippen LogP contribution in [-0.2, 0) is 12.8 Å². The fourth-order valence-corrected chi connectivity index (χ4v) is 3.78. The fourth-order valence-electron chi connectivity index (χ4n) is 2.98. The summed E-state index contributed by atoms with van der Waals surface area (Å²) in [7, 11) is 0. The first-order valence-corrected chi connectivity index (χ1v) is 9.02. The molecule has 2 atom stereocenters. The van der Waals surface area contributed by atoms with Crippen LogP contribution in [0.2, 0.25) is 0 Å². The number of fused-ring (bicyclic) bond motifs is 1. The van der Waals surface area contributed by atoms with E-state index < -0.39 is 0 Å². The van der Waals surface area contributed by atoms with Crippen LogP contribution >= 0.6 is 11.3 Å². The van der Waals surface area contributed by atoms with Gasteiger partial charge in [0.25, 0.3) is 0 Å². The van der Waals surface area contributed by atoms with Gasteiger partial charge in [0.05, 0.1) is 12.1 Å². The highest BCUT2D eigenvalue weighted by Crippen LogP contribution is 2.26. The third kappa shape index (κ3) is 3.68. The fraction of sp³-hybridized carbons (Fsp3) is 0.421. The Labute approximate surface area is 141 Å². The highest BCUT2D eigenvalue weighted by Gasteiger charge is 2.14. The zero-order valence-corrected chi connectivity index (χ0v) is 14.4. The number of rotatable bonds is 4. The summed E-state index contributed by atoms with van der Waals surface area (Å²) >= 11 is 1.52. The van der Waals surface area contributed by atoms with Gasteiger partial charge in [-0.15, -0.1) is 11.3 Å². The van der Waals surface area contributed by atoms with Crippen molar-refractivity contribution in [1.29, 1.82) is 5.26 Å². The van der Waals surface area contributed by atoms with Crippen molar-refractivity contribution in [2.75, 3.05) is 0 Å². The normalized spacial score (nSPS) is 16.7. The quantitative estimate of drug-likeness (QED) is 0.761. The van der Waals surface area contributed by atoms with E-state index in [1.54, 1.807) is 6.21 Å². The van der Waals surface area contributed by atoms with Crippen LogP contribution < -0.4 is 0 Å². The minimum Gasteiger partial charge on any atom is -0.288 e. The lowest BCUT2D eigenvalue weighted by Crippen LogP contribution is -2.04. The van der Waals surface area contributed by atoms with Crippen LogP contribution in [0.3, 0.4) is 0 Å². The van der Waals surface area contributed by atoms with Crippen molar-refractivity contribution in [3.05, 3.63) is 51.0 Å². The molecule has 3 rings (SSSR count). The van der Waals surface area contributed by atoms with E-state index in [0.29, 0.717) is 0 Å². The molecule has 1 aromatic carbocycles. The summed E-state index contributed by atoms with van der Waals surface area (Å²) < 4.78 is 0. The van der Waals surface area contributed by atoms with Crippen molar-refractivity contribution in [3.63, 3.8) is 0 Å². The van der Waals surface area contributed by atoms with Crippen LogP contribution in [0, 0.1) is 18.3 Å². The van der Waals surface area contributed by atoms with Crippen LogP contribution in [0.5, 0.6) is 0 Å². The lowest BCUT2D eigenvalue weighted by atomic mass is 9.89. The maximum Gasteiger partial charge on any atom is 0.133 e. The monoisotopic (exact) mass is 323 g/mol. The summed E-state index contributed by atoms with van der Waals surface area (Å²) in [6.45, 7) is 4.03. The van der Waals surface area contributed by atoms with Gasteiger partial charge in [-0.2, -0.15) is 5.26 Å². The van der Waals surface area contributed by atoms with E-state index in [9.17, 15) is 5.26 Å². The van der Waals surface area contributed by atoms with Crippen molar-refractivity contribution >= 4 is 17.6 Å². The maximum atomic E-state index is 9.36. The summed E-state index contributed by atoms with van der Waals surface area (Å²) in [5.41, 5.74) is 5.16. The Balaban J connectivity index is 1.75. The zero-order chi connectivity index (χ0) is 16.2. The van der Waals surface area contributed by atoms with E-state index >= 15 is 0 Å². The maximum absolute atomic E-state index is 9.36. The van der Waals surface area contributed by atoms with E-state index in [2.05, 4.69) is 41.2 Å². The Kier molecular flexibility index (Phi) is 4.88. The molecule has 1 aliphatic carbocycles. The number of hydrogen-bond acceptors (Lipinski definition) is 4. The van der Waals surface area contributed by atoms with E-state index in [1.165, 1.54) is 53.7 Å². The standard InChI is InChI=1S/C19H21N3S/c1-13-12-23-19(22-13)18(10-20)11-21-14(2)16-8-7-15-5-3-4-6-17(15)9-16/h7-9,11-12,14,18H,3-6H2,1-2H3/t14-,18+/m1/s1. The van der Waals surface area contributed by atoms with Crippen molar-refractivity contribution in [2.24, 2.45) is 4.99 Å². The molecule has 1 aromatic heterocycles. The molecule has 0 bridgehead atoms. The predicted octanol–water partition coefficient (Wildman–Crippen LogP) is 4.77. The molecule has 0 fully saturated rings. The summed E-state index contributed by atoms with van der Waals surface area (Å²) in [5.74, 6) is -0.353. The summed E-state index contributed by atoms with van der Waals surface area (Å²) in [5, 5.41) is 12.2. The number of aliphatic imine (C=N–C) groups is 1. The van der Waals surface area contributed by atoms with Gasteiger partial charge in [-0.1, -0.05) is 18.2 Å². The highest BCUT2D eigenvalue weighted by atomic mass is 32.1. The Morgan fingerprint density at radius 2 is 2.09 bits per heavy atom. The summed E-state index contributed by atoms with van der Waals surface area (Å²) in [4.78, 5) is 9.01. The molecular weight excluding hydrogens is 302 g/mol. The Morgan fingerprint density at radius 1 is 1.30 bits per heavy atom. The van der Waals surface area contributed by atoms with Gasteiger partial charge in [-0.05, 0) is 56.2 Å². The van der Waals surface area contributed by atoms with Gasteiger partial charge in [0.2, 0.25) is 0 Å². The van der Waals surface area contributed by atoms with Crippen LogP contribution in [-0.4, -0.2) is 11.2 Å². The van der Waals surface area contributed by atoms with E-state index in [1.807, 2.05) is 12.3 Å². The van der Waals surface area contributed by atoms with Gasteiger partial charge in [-0.25, -0.2) is 4.98 Å². The summed E-state index contributed by atoms with van der Waals surface area (Å²) in [6, 6.07) is 9.09. The molecule has 0 unspecified atom stereocenters. The van der Waals surface area contributed by atoms with Gasteiger partial charge in [-0.3, -0.25) is 4.99 Å². The second kappa shape index (κ2) is 7.06. The van der Waals surface area contributed by atoms with Crippen molar-refractivity contribution in [1.82, 2.24) is 4.98 Å². The number of nitrogens with zero attached hydrogens (tertiary/aromatic N) is 3. The van der Waals surface area contributed by atoms with Crippen LogP contribution in [0.25, 0.3) is 0 Å². The number of hydrogen-bond donors (Lipinski definition) is 0. The SMILES string of the molecule is Cc1csc([C@@H](C#N)C=N[C@H](C)c2ccc3c(c2)CCCC3)n1. The third-order valence-electron chi connectivity index (χ3n) is 4.36. The van der Waals surface area contributed by atoms with Crippen LogP contribution in [0.4, 0.5) is 0 Å². The second-order valence-corrected chi connectivity index (χ2v) is 7.03. The van der Waals surface area contributed by atoms with Gasteiger partial charge >= 0.3 is 0 Å². The second-order valence-electron chi connectivity index (χ2n) is 6.14. The van der Waals surface area contributed by atoms with Gasteiger partial charge in [0.15, 0.2) is 0 Å². The lowest BCUT2D eigenvalue weighted by Gasteiger charge is -2.18. The Morgan fingerprint density at radius 3 is 2.78 bits per heavy atom. The average molecular weight is 323 g/mol. The van der Waals surface area contributed by atoms with Crippen LogP contribution in [0.1, 0.15) is 59.1 Å². The molecular formula is C19H21N3S. The number of aromatic nitrogens is 1. The summed E-state index contributed by atoms with van der Waals surface area (Å²) in [6.07, 6.45) is 6.72. The van der Waals surface area contributed by atoms with Crippen LogP contribution in [0.15, 0.2) is 28.6 Å². The van der Waals surface area contributed by atoms with E-state index in [-0.39, 0.29) is 12.0 Å². The lowest BCUT2D eigenvalue weighted by molar-refractivity contribution is 0.681. The van der Waals surface area contributed by atoms with Gasteiger partial charge < -0.3 is 0 Å². The molecule has 0 spiro atoms. The molecule has 0 amide bonds. The molecule has 1 heterocycles. The van der Waals surface area contributed by atoms with E-state index in [0.717, 1.165) is 10.7 Å². The highest BCUT2D eigenvalue weighted by molar-refractivity contribution is 7.09. The number of nitriles is 1. The minimum atomic E-state index is -0.353. The number of benzene rings is 1. The zero-order valence-electron chi connectivity index (χ0n) is 13.6. The van der Waals surface area contributed by atoms with Gasteiger partial charge in [0.1, 0.15) is 10.9 Å².